The topological polar surface area (TPSA) is 28.2 Å². The molecule has 1 unspecified atom stereocenters. The van der Waals surface area contributed by atoms with Crippen LogP contribution in [0.15, 0.2) is 18.3 Å². The molecule has 0 saturated carbocycles. The number of nitrogens with zero attached hydrogens (tertiary/aromatic N) is 2. The summed E-state index contributed by atoms with van der Waals surface area (Å²) in [7, 11) is 0. The van der Waals surface area contributed by atoms with Crippen molar-refractivity contribution < 1.29 is 4.39 Å². The summed E-state index contributed by atoms with van der Waals surface area (Å²) in [5.41, 5.74) is 0. The lowest BCUT2D eigenvalue weighted by atomic mass is 10.2. The highest BCUT2D eigenvalue weighted by atomic mass is 19.1. The second-order valence-corrected chi connectivity index (χ2v) is 4.14. The zero-order chi connectivity index (χ0) is 11.4. The molecule has 2 rings (SSSR count). The smallest absolute Gasteiger partial charge is 0.165 e. The molecule has 1 N–H and O–H groups in total. The van der Waals surface area contributed by atoms with Crippen LogP contribution in [0.3, 0.4) is 0 Å². The molecule has 1 fully saturated rings. The summed E-state index contributed by atoms with van der Waals surface area (Å²) in [5, 5.41) is 3.42. The molecular formula is C12H18FN3. The van der Waals surface area contributed by atoms with E-state index in [1.54, 1.807) is 12.3 Å². The molecule has 1 aromatic heterocycles. The van der Waals surface area contributed by atoms with Crippen molar-refractivity contribution in [2.45, 2.75) is 25.8 Å². The first kappa shape index (κ1) is 11.3. The normalized spacial score (nSPS) is 20.0. The minimum absolute atomic E-state index is 0.234. The minimum atomic E-state index is -0.234. The van der Waals surface area contributed by atoms with Gasteiger partial charge in [0.25, 0.3) is 0 Å². The zero-order valence-electron chi connectivity index (χ0n) is 9.62. The summed E-state index contributed by atoms with van der Waals surface area (Å²) in [6, 6.07) is 3.56. The van der Waals surface area contributed by atoms with Crippen molar-refractivity contribution >= 4 is 5.82 Å². The average molecular weight is 223 g/mol. The van der Waals surface area contributed by atoms with E-state index in [-0.39, 0.29) is 5.82 Å². The number of hydrogen-bond donors (Lipinski definition) is 1. The summed E-state index contributed by atoms with van der Waals surface area (Å²) >= 11 is 0. The van der Waals surface area contributed by atoms with Gasteiger partial charge >= 0.3 is 0 Å². The molecule has 0 aliphatic carbocycles. The maximum atomic E-state index is 13.6. The molecule has 1 aromatic rings. The lowest BCUT2D eigenvalue weighted by Gasteiger charge is -2.25. The van der Waals surface area contributed by atoms with E-state index in [2.05, 4.69) is 10.3 Å². The zero-order valence-corrected chi connectivity index (χ0v) is 9.62. The van der Waals surface area contributed by atoms with Crippen LogP contribution < -0.4 is 10.2 Å². The highest BCUT2D eigenvalue weighted by Gasteiger charge is 2.19. The number of pyridine rings is 1. The first-order valence-electron chi connectivity index (χ1n) is 5.90. The van der Waals surface area contributed by atoms with E-state index in [9.17, 15) is 4.39 Å². The van der Waals surface area contributed by atoms with Crippen molar-refractivity contribution in [1.29, 1.82) is 0 Å². The molecular weight excluding hydrogens is 205 g/mol. The Morgan fingerprint density at radius 3 is 3.12 bits per heavy atom. The molecule has 16 heavy (non-hydrogen) atoms. The van der Waals surface area contributed by atoms with E-state index in [4.69, 9.17) is 0 Å². The molecule has 4 heteroatoms. The van der Waals surface area contributed by atoms with Crippen molar-refractivity contribution in [2.24, 2.45) is 0 Å². The van der Waals surface area contributed by atoms with Crippen LogP contribution in [0.4, 0.5) is 10.2 Å². The van der Waals surface area contributed by atoms with Crippen LogP contribution in [-0.2, 0) is 0 Å². The molecule has 88 valence electrons. The van der Waals surface area contributed by atoms with Gasteiger partial charge in [0.2, 0.25) is 0 Å². The molecule has 0 aromatic carbocycles. The highest BCUT2D eigenvalue weighted by molar-refractivity contribution is 5.39. The lowest BCUT2D eigenvalue weighted by Crippen LogP contribution is -2.38. The Hall–Kier alpha value is -1.16. The number of likely N-dealkylation sites (N-methyl/N-ethyl adjacent to an activating group) is 1. The Morgan fingerprint density at radius 2 is 2.50 bits per heavy atom. The van der Waals surface area contributed by atoms with Crippen LogP contribution in [0.5, 0.6) is 0 Å². The Kier molecular flexibility index (Phi) is 3.72. The Bertz CT molecular complexity index is 337. The average Bonchev–Trinajstić information content (AvgIpc) is 2.80. The van der Waals surface area contributed by atoms with Gasteiger partial charge in [0, 0.05) is 25.3 Å². The van der Waals surface area contributed by atoms with E-state index in [0.29, 0.717) is 11.9 Å². The van der Waals surface area contributed by atoms with Crippen molar-refractivity contribution in [1.82, 2.24) is 10.3 Å². The van der Waals surface area contributed by atoms with E-state index in [0.717, 1.165) is 19.6 Å². The molecule has 2 heterocycles. The second-order valence-electron chi connectivity index (χ2n) is 4.14. The van der Waals surface area contributed by atoms with Crippen molar-refractivity contribution in [2.75, 3.05) is 24.5 Å². The van der Waals surface area contributed by atoms with E-state index >= 15 is 0 Å². The van der Waals surface area contributed by atoms with Gasteiger partial charge in [-0.2, -0.15) is 0 Å². The first-order valence-corrected chi connectivity index (χ1v) is 5.90. The number of rotatable bonds is 4. The fraction of sp³-hybridized carbons (Fsp3) is 0.583. The van der Waals surface area contributed by atoms with Gasteiger partial charge in [-0.15, -0.1) is 0 Å². The second kappa shape index (κ2) is 5.25. The molecule has 1 aliphatic heterocycles. The summed E-state index contributed by atoms with van der Waals surface area (Å²) in [5.74, 6) is 0.237. The largest absolute Gasteiger partial charge is 0.353 e. The molecule has 1 saturated heterocycles. The SMILES string of the molecule is CCN(CC1CCCN1)c1ncccc1F. The fourth-order valence-corrected chi connectivity index (χ4v) is 2.15. The quantitative estimate of drug-likeness (QED) is 0.843. The van der Waals surface area contributed by atoms with Crippen LogP contribution in [-0.4, -0.2) is 30.7 Å². The predicted molar refractivity (Wildman–Crippen MR) is 63.1 cm³/mol. The first-order chi connectivity index (χ1) is 7.81. The third-order valence-corrected chi connectivity index (χ3v) is 3.02. The fourth-order valence-electron chi connectivity index (χ4n) is 2.15. The predicted octanol–water partition coefficient (Wildman–Crippen LogP) is 1.80. The van der Waals surface area contributed by atoms with E-state index in [1.807, 2.05) is 11.8 Å². The standard InChI is InChI=1S/C12H18FN3/c1-2-16(9-10-5-3-7-14-10)12-11(13)6-4-8-15-12/h4,6,8,10,14H,2-3,5,7,9H2,1H3. The van der Waals surface area contributed by atoms with Gasteiger partial charge in [-0.05, 0) is 38.4 Å². The third-order valence-electron chi connectivity index (χ3n) is 3.02. The van der Waals surface area contributed by atoms with Crippen LogP contribution in [0.1, 0.15) is 19.8 Å². The number of nitrogens with one attached hydrogen (secondary N) is 1. The van der Waals surface area contributed by atoms with Crippen LogP contribution in [0, 0.1) is 5.82 Å². The monoisotopic (exact) mass is 223 g/mol. The molecule has 3 nitrogen and oxygen atoms in total. The van der Waals surface area contributed by atoms with Gasteiger partial charge < -0.3 is 10.2 Å². The molecule has 0 amide bonds. The van der Waals surface area contributed by atoms with Crippen molar-refractivity contribution in [3.05, 3.63) is 24.1 Å². The Labute approximate surface area is 95.7 Å². The van der Waals surface area contributed by atoms with Crippen molar-refractivity contribution in [3.8, 4) is 0 Å². The summed E-state index contributed by atoms with van der Waals surface area (Å²) in [4.78, 5) is 6.11. The summed E-state index contributed by atoms with van der Waals surface area (Å²) in [6.07, 6.45) is 4.03. The van der Waals surface area contributed by atoms with E-state index < -0.39 is 0 Å². The van der Waals surface area contributed by atoms with Gasteiger partial charge in [0.05, 0.1) is 0 Å². The van der Waals surface area contributed by atoms with Gasteiger partial charge in [0.1, 0.15) is 0 Å². The number of aromatic nitrogens is 1. The van der Waals surface area contributed by atoms with Gasteiger partial charge in [0.15, 0.2) is 11.6 Å². The van der Waals surface area contributed by atoms with Gasteiger partial charge in [-0.25, -0.2) is 9.37 Å². The summed E-state index contributed by atoms with van der Waals surface area (Å²) in [6.45, 7) is 4.73. The van der Waals surface area contributed by atoms with Crippen LogP contribution in [0.2, 0.25) is 0 Å². The number of hydrogen-bond acceptors (Lipinski definition) is 3. The van der Waals surface area contributed by atoms with Crippen LogP contribution >= 0.6 is 0 Å². The Balaban J connectivity index is 2.06. The number of halogens is 1. The maximum Gasteiger partial charge on any atom is 0.165 e. The molecule has 0 spiro atoms. The lowest BCUT2D eigenvalue weighted by molar-refractivity contribution is 0.563. The summed E-state index contributed by atoms with van der Waals surface area (Å²) < 4.78 is 13.6. The van der Waals surface area contributed by atoms with Crippen LogP contribution in [0.25, 0.3) is 0 Å². The Morgan fingerprint density at radius 1 is 1.62 bits per heavy atom. The molecule has 0 radical (unpaired) electrons. The molecule has 1 aliphatic rings. The van der Waals surface area contributed by atoms with Crippen molar-refractivity contribution in [3.63, 3.8) is 0 Å². The maximum absolute atomic E-state index is 13.6. The third kappa shape index (κ3) is 2.50. The molecule has 0 bridgehead atoms. The molecule has 1 atom stereocenters. The van der Waals surface area contributed by atoms with Gasteiger partial charge in [-0.1, -0.05) is 0 Å². The van der Waals surface area contributed by atoms with Gasteiger partial charge in [-0.3, -0.25) is 0 Å². The van der Waals surface area contributed by atoms with E-state index in [1.165, 1.54) is 18.9 Å². The number of anilines is 1. The highest BCUT2D eigenvalue weighted by Crippen LogP contribution is 2.17. The minimum Gasteiger partial charge on any atom is -0.353 e.